The molecule has 1 aromatic rings. The fraction of sp³-hybridized carbons (Fsp3) is 0.769. The molecule has 0 aliphatic heterocycles. The molecule has 1 heterocycles. The largest absolute Gasteiger partial charge is 0.391 e. The molecule has 0 atom stereocenters. The van der Waals surface area contributed by atoms with Crippen molar-refractivity contribution in [3.05, 3.63) is 16.9 Å². The van der Waals surface area contributed by atoms with Gasteiger partial charge in [-0.3, -0.25) is 4.68 Å². The normalized spacial score (nSPS) is 27.0. The maximum absolute atomic E-state index is 12.7. The van der Waals surface area contributed by atoms with E-state index in [9.17, 15) is 18.3 Å². The molecule has 1 fully saturated rings. The second-order valence-electron chi connectivity index (χ2n) is 5.40. The van der Waals surface area contributed by atoms with Gasteiger partial charge in [0.1, 0.15) is 5.60 Å². The Morgan fingerprint density at radius 2 is 2.10 bits per heavy atom. The summed E-state index contributed by atoms with van der Waals surface area (Å²) in [6.45, 7) is 0.774. The third kappa shape index (κ3) is 3.52. The van der Waals surface area contributed by atoms with Gasteiger partial charge in [-0.1, -0.05) is 11.6 Å². The molecule has 0 saturated heterocycles. The van der Waals surface area contributed by atoms with Gasteiger partial charge in [0.2, 0.25) is 0 Å². The Morgan fingerprint density at radius 3 is 2.62 bits per heavy atom. The summed E-state index contributed by atoms with van der Waals surface area (Å²) in [6.07, 6.45) is -2.97. The highest BCUT2D eigenvalue weighted by Gasteiger charge is 2.47. The molecule has 0 bridgehead atoms. The molecule has 120 valence electrons. The van der Waals surface area contributed by atoms with Crippen LogP contribution in [0.2, 0.25) is 5.02 Å². The van der Waals surface area contributed by atoms with Gasteiger partial charge in [0.05, 0.1) is 36.0 Å². The third-order valence-corrected chi connectivity index (χ3v) is 4.30. The van der Waals surface area contributed by atoms with Crippen LogP contribution in [0.1, 0.15) is 31.4 Å². The van der Waals surface area contributed by atoms with E-state index in [1.165, 1.54) is 18.0 Å². The van der Waals surface area contributed by atoms with Gasteiger partial charge in [0.25, 0.3) is 0 Å². The molecule has 1 aliphatic rings. The van der Waals surface area contributed by atoms with Crippen molar-refractivity contribution < 1.29 is 23.0 Å². The zero-order chi connectivity index (χ0) is 15.7. The summed E-state index contributed by atoms with van der Waals surface area (Å²) in [5, 5.41) is 15.1. The number of hydrogen-bond acceptors (Lipinski definition) is 3. The molecule has 1 saturated carbocycles. The van der Waals surface area contributed by atoms with Crippen molar-refractivity contribution in [2.24, 2.45) is 5.92 Å². The Kier molecular flexibility index (Phi) is 4.85. The molecular weight excluding hydrogens is 309 g/mol. The van der Waals surface area contributed by atoms with Crippen molar-refractivity contribution in [1.29, 1.82) is 0 Å². The summed E-state index contributed by atoms with van der Waals surface area (Å²) in [7, 11) is 1.54. The minimum atomic E-state index is -4.21. The van der Waals surface area contributed by atoms with Crippen LogP contribution in [-0.4, -0.2) is 34.8 Å². The Hall–Kier alpha value is -0.790. The molecule has 0 aromatic carbocycles. The highest BCUT2D eigenvalue weighted by Crippen LogP contribution is 2.46. The summed E-state index contributed by atoms with van der Waals surface area (Å²) in [6, 6.07) is 0. The van der Waals surface area contributed by atoms with Gasteiger partial charge in [-0.15, -0.1) is 0 Å². The lowest BCUT2D eigenvalue weighted by molar-refractivity contribution is -0.193. The van der Waals surface area contributed by atoms with Gasteiger partial charge in [0, 0.05) is 7.11 Å². The molecule has 4 nitrogen and oxygen atoms in total. The lowest BCUT2D eigenvalue weighted by Crippen LogP contribution is -2.38. The van der Waals surface area contributed by atoms with Crippen LogP contribution in [0, 0.1) is 5.92 Å². The molecule has 8 heteroatoms. The van der Waals surface area contributed by atoms with E-state index in [-0.39, 0.29) is 30.7 Å². The number of aromatic nitrogens is 2. The van der Waals surface area contributed by atoms with Crippen LogP contribution >= 0.6 is 11.6 Å². The quantitative estimate of drug-likeness (QED) is 0.924. The van der Waals surface area contributed by atoms with Gasteiger partial charge in [-0.2, -0.15) is 18.3 Å². The number of rotatable bonds is 4. The van der Waals surface area contributed by atoms with Crippen LogP contribution in [0.25, 0.3) is 0 Å². The Balaban J connectivity index is 2.17. The number of aliphatic hydroxyl groups is 1. The van der Waals surface area contributed by atoms with E-state index in [4.69, 9.17) is 16.3 Å². The molecule has 21 heavy (non-hydrogen) atoms. The van der Waals surface area contributed by atoms with Crippen LogP contribution in [0.15, 0.2) is 6.20 Å². The molecular formula is C13H18ClF3N2O2. The second-order valence-corrected chi connectivity index (χ2v) is 5.81. The average Bonchev–Trinajstić information content (AvgIpc) is 2.77. The van der Waals surface area contributed by atoms with E-state index in [1.54, 1.807) is 0 Å². The topological polar surface area (TPSA) is 47.3 Å². The third-order valence-electron chi connectivity index (χ3n) is 4.02. The van der Waals surface area contributed by atoms with E-state index in [2.05, 4.69) is 5.10 Å². The molecule has 1 aromatic heterocycles. The average molecular weight is 327 g/mol. The lowest BCUT2D eigenvalue weighted by atomic mass is 9.76. The zero-order valence-corrected chi connectivity index (χ0v) is 12.4. The minimum absolute atomic E-state index is 0.0234. The van der Waals surface area contributed by atoms with Gasteiger partial charge in [-0.25, -0.2) is 0 Å². The number of nitrogens with zero attached hydrogens (tertiary/aromatic N) is 2. The summed E-state index contributed by atoms with van der Waals surface area (Å²) in [5.41, 5.74) is -0.967. The smallest absolute Gasteiger partial charge is 0.384 e. The van der Waals surface area contributed by atoms with Crippen LogP contribution in [0.5, 0.6) is 0 Å². The number of methoxy groups -OCH3 is 1. The van der Waals surface area contributed by atoms with Crippen LogP contribution < -0.4 is 0 Å². The van der Waals surface area contributed by atoms with Crippen molar-refractivity contribution in [3.8, 4) is 0 Å². The molecule has 0 spiro atoms. The molecule has 2 rings (SSSR count). The van der Waals surface area contributed by atoms with E-state index in [1.807, 2.05) is 0 Å². The highest BCUT2D eigenvalue weighted by molar-refractivity contribution is 6.31. The predicted octanol–water partition coefficient (Wildman–Crippen LogP) is 3.12. The zero-order valence-electron chi connectivity index (χ0n) is 11.7. The first-order valence-electron chi connectivity index (χ1n) is 6.78. The first-order chi connectivity index (χ1) is 9.78. The Labute approximate surface area is 125 Å². The summed E-state index contributed by atoms with van der Waals surface area (Å²) in [4.78, 5) is 0. The number of alkyl halides is 3. The van der Waals surface area contributed by atoms with Crippen LogP contribution in [0.3, 0.4) is 0 Å². The van der Waals surface area contributed by atoms with Crippen molar-refractivity contribution in [3.63, 3.8) is 0 Å². The van der Waals surface area contributed by atoms with Crippen molar-refractivity contribution in [1.82, 2.24) is 9.78 Å². The number of ether oxygens (including phenoxy) is 1. The Morgan fingerprint density at radius 1 is 1.48 bits per heavy atom. The first kappa shape index (κ1) is 16.6. The van der Waals surface area contributed by atoms with Crippen LogP contribution in [-0.2, 0) is 16.9 Å². The van der Waals surface area contributed by atoms with Crippen LogP contribution in [0.4, 0.5) is 13.2 Å². The predicted molar refractivity (Wildman–Crippen MR) is 71.0 cm³/mol. The van der Waals surface area contributed by atoms with Crippen molar-refractivity contribution >= 4 is 11.6 Å². The van der Waals surface area contributed by atoms with E-state index in [0.717, 1.165) is 0 Å². The SMILES string of the molecule is COCCn1ncc(Cl)c1C1(O)CCC(C(F)(F)F)CC1. The maximum atomic E-state index is 12.7. The molecule has 1 aliphatic carbocycles. The summed E-state index contributed by atoms with van der Waals surface area (Å²) < 4.78 is 44.6. The van der Waals surface area contributed by atoms with E-state index >= 15 is 0 Å². The molecule has 1 N–H and O–H groups in total. The second kappa shape index (κ2) is 6.14. The minimum Gasteiger partial charge on any atom is -0.384 e. The Bertz CT molecular complexity index is 482. The van der Waals surface area contributed by atoms with Gasteiger partial charge in [-0.05, 0) is 25.7 Å². The fourth-order valence-electron chi connectivity index (χ4n) is 2.83. The molecule has 0 amide bonds. The number of hydrogen-bond donors (Lipinski definition) is 1. The maximum Gasteiger partial charge on any atom is 0.391 e. The number of halogens is 4. The van der Waals surface area contributed by atoms with E-state index < -0.39 is 17.7 Å². The van der Waals surface area contributed by atoms with Gasteiger partial charge < -0.3 is 9.84 Å². The lowest BCUT2D eigenvalue weighted by Gasteiger charge is -2.37. The fourth-order valence-corrected chi connectivity index (χ4v) is 3.15. The van der Waals surface area contributed by atoms with Gasteiger partial charge >= 0.3 is 6.18 Å². The monoisotopic (exact) mass is 326 g/mol. The van der Waals surface area contributed by atoms with E-state index in [0.29, 0.717) is 18.8 Å². The highest BCUT2D eigenvalue weighted by atomic mass is 35.5. The van der Waals surface area contributed by atoms with Gasteiger partial charge in [0.15, 0.2) is 0 Å². The van der Waals surface area contributed by atoms with Crippen molar-refractivity contribution in [2.45, 2.75) is 44.0 Å². The standard InChI is InChI=1S/C13H18ClF3N2O2/c1-21-7-6-19-11(10(14)8-18-19)12(20)4-2-9(3-5-12)13(15,16)17/h8-9,20H,2-7H2,1H3. The molecule has 0 unspecified atom stereocenters. The summed E-state index contributed by atoms with van der Waals surface area (Å²) >= 11 is 6.07. The molecule has 0 radical (unpaired) electrons. The first-order valence-corrected chi connectivity index (χ1v) is 7.15. The van der Waals surface area contributed by atoms with Crippen molar-refractivity contribution in [2.75, 3.05) is 13.7 Å². The summed E-state index contributed by atoms with van der Waals surface area (Å²) in [5.74, 6) is -1.35.